The lowest BCUT2D eigenvalue weighted by molar-refractivity contribution is 0.402. The van der Waals surface area contributed by atoms with Gasteiger partial charge in [-0.2, -0.15) is 0 Å². The number of hydrogen-bond donors (Lipinski definition) is 0. The Morgan fingerprint density at radius 2 is 1.83 bits per heavy atom. The summed E-state index contributed by atoms with van der Waals surface area (Å²) in [6, 6.07) is 9.79. The maximum absolute atomic E-state index is 13.1. The number of imidazole rings is 1. The van der Waals surface area contributed by atoms with Gasteiger partial charge < -0.3 is 4.74 Å². The minimum absolute atomic E-state index is 0.0105. The highest BCUT2D eigenvalue weighted by Gasteiger charge is 2.28. The Morgan fingerprint density at radius 3 is 2.52 bits per heavy atom. The molecule has 0 spiro atoms. The zero-order chi connectivity index (χ0) is 16.8. The second-order valence-corrected chi connectivity index (χ2v) is 7.35. The van der Waals surface area contributed by atoms with Gasteiger partial charge in [-0.25, -0.2) is 17.4 Å². The summed E-state index contributed by atoms with van der Waals surface area (Å²) in [6.45, 7) is 1.63. The van der Waals surface area contributed by atoms with Gasteiger partial charge in [-0.3, -0.25) is 0 Å². The smallest absolute Gasteiger partial charge is 0.273 e. The fraction of sp³-hybridized carbons (Fsp3) is 0.133. The molecule has 1 heterocycles. The average molecular weight is 371 g/mol. The number of fused-ring (bicyclic) bond motifs is 1. The third-order valence-electron chi connectivity index (χ3n) is 3.41. The third kappa shape index (κ3) is 2.47. The van der Waals surface area contributed by atoms with Crippen LogP contribution in [-0.2, 0) is 10.0 Å². The Bertz CT molecular complexity index is 1010. The molecule has 23 heavy (non-hydrogen) atoms. The summed E-state index contributed by atoms with van der Waals surface area (Å²) in [6.07, 6.45) is 0. The van der Waals surface area contributed by atoms with E-state index < -0.39 is 10.0 Å². The SMILES string of the molecule is COc1c(S(=O)(=O)n2c(C)nc3ccccc32)ccc(Cl)c1Cl. The number of halogens is 2. The molecule has 0 aliphatic heterocycles. The van der Waals surface area contributed by atoms with Gasteiger partial charge in [-0.15, -0.1) is 0 Å². The molecule has 1 aromatic heterocycles. The number of methoxy groups -OCH3 is 1. The molecular formula is C15H12Cl2N2O3S. The Balaban J connectivity index is 2.35. The van der Waals surface area contributed by atoms with Crippen LogP contribution in [0.15, 0.2) is 41.3 Å². The standard InChI is InChI=1S/C15H12Cl2N2O3S/c1-9-18-11-5-3-4-6-12(11)19(9)23(20,21)13-8-7-10(16)14(17)15(13)22-2/h3-8H,1-2H3. The molecule has 0 amide bonds. The van der Waals surface area contributed by atoms with Crippen molar-refractivity contribution in [2.24, 2.45) is 0 Å². The van der Waals surface area contributed by atoms with Gasteiger partial charge in [-0.1, -0.05) is 35.3 Å². The van der Waals surface area contributed by atoms with E-state index >= 15 is 0 Å². The van der Waals surface area contributed by atoms with Crippen molar-refractivity contribution in [3.05, 3.63) is 52.3 Å². The van der Waals surface area contributed by atoms with Crippen LogP contribution >= 0.6 is 23.2 Å². The van der Waals surface area contributed by atoms with Crippen LogP contribution in [0.5, 0.6) is 5.75 Å². The predicted octanol–water partition coefficient (Wildman–Crippen LogP) is 3.90. The molecule has 0 bridgehead atoms. The van der Waals surface area contributed by atoms with Crippen LogP contribution < -0.4 is 4.74 Å². The molecule has 0 fully saturated rings. The van der Waals surface area contributed by atoms with Crippen molar-refractivity contribution in [1.82, 2.24) is 8.96 Å². The zero-order valence-electron chi connectivity index (χ0n) is 12.2. The van der Waals surface area contributed by atoms with Crippen molar-refractivity contribution in [3.63, 3.8) is 0 Å². The minimum atomic E-state index is -3.95. The Morgan fingerprint density at radius 1 is 1.13 bits per heavy atom. The van der Waals surface area contributed by atoms with Gasteiger partial charge in [0.25, 0.3) is 10.0 Å². The summed E-state index contributed by atoms with van der Waals surface area (Å²) >= 11 is 12.0. The third-order valence-corrected chi connectivity index (χ3v) is 6.02. The number of rotatable bonds is 3. The van der Waals surface area contributed by atoms with E-state index in [0.717, 1.165) is 0 Å². The van der Waals surface area contributed by atoms with Crippen molar-refractivity contribution in [3.8, 4) is 5.75 Å². The number of hydrogen-bond acceptors (Lipinski definition) is 4. The first-order valence-corrected chi connectivity index (χ1v) is 8.79. The molecule has 0 aliphatic carbocycles. The Kier molecular flexibility index (Phi) is 4.00. The van der Waals surface area contributed by atoms with Crippen molar-refractivity contribution in [1.29, 1.82) is 0 Å². The van der Waals surface area contributed by atoms with Crippen LogP contribution in [0.1, 0.15) is 5.82 Å². The van der Waals surface area contributed by atoms with E-state index in [1.54, 1.807) is 31.2 Å². The summed E-state index contributed by atoms with van der Waals surface area (Å²) in [5, 5.41) is 0.270. The van der Waals surface area contributed by atoms with E-state index in [9.17, 15) is 8.42 Å². The number of para-hydroxylation sites is 2. The summed E-state index contributed by atoms with van der Waals surface area (Å²) in [5.74, 6) is 0.357. The molecule has 0 atom stereocenters. The average Bonchev–Trinajstić information content (AvgIpc) is 2.85. The second kappa shape index (κ2) is 5.70. The van der Waals surface area contributed by atoms with E-state index in [1.165, 1.54) is 23.2 Å². The number of aryl methyl sites for hydroxylation is 1. The number of benzene rings is 2. The topological polar surface area (TPSA) is 61.2 Å². The lowest BCUT2D eigenvalue weighted by Crippen LogP contribution is -2.15. The summed E-state index contributed by atoms with van der Waals surface area (Å²) in [5.41, 5.74) is 1.07. The zero-order valence-corrected chi connectivity index (χ0v) is 14.6. The lowest BCUT2D eigenvalue weighted by Gasteiger charge is -2.14. The minimum Gasteiger partial charge on any atom is -0.494 e. The van der Waals surface area contributed by atoms with E-state index in [-0.39, 0.29) is 20.7 Å². The van der Waals surface area contributed by atoms with Gasteiger partial charge in [0.15, 0.2) is 5.75 Å². The molecule has 8 heteroatoms. The van der Waals surface area contributed by atoms with Gasteiger partial charge in [0.1, 0.15) is 15.7 Å². The van der Waals surface area contributed by atoms with Crippen LogP contribution in [0.25, 0.3) is 11.0 Å². The fourth-order valence-electron chi connectivity index (χ4n) is 2.43. The molecule has 3 aromatic rings. The Labute approximate surface area is 143 Å². The van der Waals surface area contributed by atoms with E-state index in [0.29, 0.717) is 16.9 Å². The second-order valence-electron chi connectivity index (χ2n) is 4.81. The van der Waals surface area contributed by atoms with Gasteiger partial charge >= 0.3 is 0 Å². The fourth-order valence-corrected chi connectivity index (χ4v) is 4.54. The number of nitrogens with zero attached hydrogens (tertiary/aromatic N) is 2. The first-order valence-electron chi connectivity index (χ1n) is 6.59. The first kappa shape index (κ1) is 16.1. The highest BCUT2D eigenvalue weighted by Crippen LogP contribution is 2.38. The lowest BCUT2D eigenvalue weighted by atomic mass is 10.3. The van der Waals surface area contributed by atoms with Crippen molar-refractivity contribution >= 4 is 44.3 Å². The Hall–Kier alpha value is -1.76. The molecule has 120 valence electrons. The van der Waals surface area contributed by atoms with Gasteiger partial charge in [-0.05, 0) is 31.2 Å². The van der Waals surface area contributed by atoms with Gasteiger partial charge in [0.05, 0.1) is 23.2 Å². The molecule has 2 aromatic carbocycles. The van der Waals surface area contributed by atoms with Crippen LogP contribution in [0.4, 0.5) is 0 Å². The van der Waals surface area contributed by atoms with E-state index in [4.69, 9.17) is 27.9 Å². The maximum atomic E-state index is 13.1. The van der Waals surface area contributed by atoms with Crippen molar-refractivity contribution in [2.45, 2.75) is 11.8 Å². The highest BCUT2D eigenvalue weighted by molar-refractivity contribution is 7.90. The number of ether oxygens (including phenoxy) is 1. The van der Waals surface area contributed by atoms with Gasteiger partial charge in [0.2, 0.25) is 0 Å². The maximum Gasteiger partial charge on any atom is 0.273 e. The molecule has 0 aliphatic rings. The molecular weight excluding hydrogens is 359 g/mol. The predicted molar refractivity (Wildman–Crippen MR) is 90.1 cm³/mol. The summed E-state index contributed by atoms with van der Waals surface area (Å²) in [4.78, 5) is 4.22. The van der Waals surface area contributed by atoms with Gasteiger partial charge in [0, 0.05) is 0 Å². The van der Waals surface area contributed by atoms with Crippen LogP contribution in [0, 0.1) is 6.92 Å². The van der Waals surface area contributed by atoms with Crippen LogP contribution in [-0.4, -0.2) is 24.5 Å². The summed E-state index contributed by atoms with van der Waals surface area (Å²) < 4.78 is 32.6. The highest BCUT2D eigenvalue weighted by atomic mass is 35.5. The molecule has 0 unspecified atom stereocenters. The molecule has 5 nitrogen and oxygen atoms in total. The number of aromatic nitrogens is 2. The summed E-state index contributed by atoms with van der Waals surface area (Å²) in [7, 11) is -2.61. The normalized spacial score (nSPS) is 11.8. The largest absolute Gasteiger partial charge is 0.494 e. The molecule has 3 rings (SSSR count). The quantitative estimate of drug-likeness (QED) is 0.701. The van der Waals surface area contributed by atoms with Crippen molar-refractivity contribution < 1.29 is 13.2 Å². The van der Waals surface area contributed by atoms with E-state index in [2.05, 4.69) is 4.98 Å². The monoisotopic (exact) mass is 370 g/mol. The molecule has 0 saturated carbocycles. The van der Waals surface area contributed by atoms with Crippen LogP contribution in [0.2, 0.25) is 10.0 Å². The van der Waals surface area contributed by atoms with Crippen LogP contribution in [0.3, 0.4) is 0 Å². The van der Waals surface area contributed by atoms with E-state index in [1.807, 2.05) is 0 Å². The van der Waals surface area contributed by atoms with Crippen molar-refractivity contribution in [2.75, 3.05) is 7.11 Å². The first-order chi connectivity index (χ1) is 10.9. The molecule has 0 saturated heterocycles. The molecule has 0 radical (unpaired) electrons. The molecule has 0 N–H and O–H groups in total.